The number of benzene rings is 1. The normalized spacial score (nSPS) is 10.5. The third-order valence-electron chi connectivity index (χ3n) is 2.78. The Balaban J connectivity index is 2.81. The topological polar surface area (TPSA) is 60.7 Å². The fourth-order valence-electron chi connectivity index (χ4n) is 1.94. The largest absolute Gasteiger partial charge is 0.493 e. The molecule has 0 unspecified atom stereocenters. The molecule has 0 fully saturated rings. The molecule has 0 amide bonds. The number of aromatic nitrogens is 1. The van der Waals surface area contributed by atoms with E-state index in [-0.39, 0.29) is 5.69 Å². The Morgan fingerprint density at radius 3 is 2.53 bits per heavy atom. The second-order valence-electron chi connectivity index (χ2n) is 3.63. The number of hydrogen-bond donors (Lipinski definition) is 1. The summed E-state index contributed by atoms with van der Waals surface area (Å²) in [5, 5.41) is 9.79. The summed E-state index contributed by atoms with van der Waals surface area (Å²) >= 11 is 0. The van der Waals surface area contributed by atoms with E-state index in [0.717, 1.165) is 10.9 Å². The van der Waals surface area contributed by atoms with E-state index in [1.165, 1.54) is 7.11 Å². The molecule has 1 N–H and O–H groups in total. The van der Waals surface area contributed by atoms with Crippen molar-refractivity contribution in [2.24, 2.45) is 7.05 Å². The molecule has 0 radical (unpaired) electrons. The van der Waals surface area contributed by atoms with Gasteiger partial charge in [-0.2, -0.15) is 0 Å². The lowest BCUT2D eigenvalue weighted by atomic mass is 10.2. The van der Waals surface area contributed by atoms with Gasteiger partial charge in [0.2, 0.25) is 0 Å². The fraction of sp³-hybridized carbons (Fsp3) is 0.250. The van der Waals surface area contributed by atoms with Crippen LogP contribution in [0.15, 0.2) is 18.2 Å². The molecular formula is C12H13NO4. The first-order valence-electron chi connectivity index (χ1n) is 5.03. The maximum absolute atomic E-state index is 11.1. The molecule has 5 nitrogen and oxygen atoms in total. The first-order valence-corrected chi connectivity index (χ1v) is 5.03. The Morgan fingerprint density at radius 1 is 1.29 bits per heavy atom. The number of hydrogen-bond acceptors (Lipinski definition) is 3. The zero-order valence-corrected chi connectivity index (χ0v) is 9.85. The van der Waals surface area contributed by atoms with E-state index in [1.54, 1.807) is 30.9 Å². The zero-order valence-electron chi connectivity index (χ0n) is 9.85. The van der Waals surface area contributed by atoms with Gasteiger partial charge in [0.25, 0.3) is 0 Å². The van der Waals surface area contributed by atoms with E-state index < -0.39 is 5.97 Å². The molecule has 2 aromatic rings. The zero-order chi connectivity index (χ0) is 12.6. The summed E-state index contributed by atoms with van der Waals surface area (Å²) in [4.78, 5) is 11.1. The van der Waals surface area contributed by atoms with Gasteiger partial charge in [-0.1, -0.05) is 0 Å². The van der Waals surface area contributed by atoms with Gasteiger partial charge >= 0.3 is 5.97 Å². The highest BCUT2D eigenvalue weighted by atomic mass is 16.5. The van der Waals surface area contributed by atoms with Crippen LogP contribution >= 0.6 is 0 Å². The van der Waals surface area contributed by atoms with Crippen molar-refractivity contribution < 1.29 is 19.4 Å². The number of ether oxygens (including phenoxy) is 2. The molecule has 17 heavy (non-hydrogen) atoms. The summed E-state index contributed by atoms with van der Waals surface area (Å²) in [7, 11) is 4.78. The molecule has 0 spiro atoms. The highest BCUT2D eigenvalue weighted by Gasteiger charge is 2.17. The number of aryl methyl sites for hydroxylation is 1. The van der Waals surface area contributed by atoms with Crippen molar-refractivity contribution in [3.05, 3.63) is 23.9 Å². The van der Waals surface area contributed by atoms with E-state index in [4.69, 9.17) is 14.6 Å². The number of aromatic carboxylic acids is 1. The summed E-state index contributed by atoms with van der Waals surface area (Å²) in [6.07, 6.45) is 0. The maximum atomic E-state index is 11.1. The minimum absolute atomic E-state index is 0.214. The van der Waals surface area contributed by atoms with Crippen LogP contribution in [0, 0.1) is 0 Å². The van der Waals surface area contributed by atoms with Gasteiger partial charge in [0.15, 0.2) is 11.5 Å². The molecule has 1 aromatic carbocycles. The Kier molecular flexibility index (Phi) is 2.67. The van der Waals surface area contributed by atoms with Crippen LogP contribution in [0.3, 0.4) is 0 Å². The van der Waals surface area contributed by atoms with Gasteiger partial charge in [0.1, 0.15) is 5.69 Å². The van der Waals surface area contributed by atoms with Crippen molar-refractivity contribution in [1.29, 1.82) is 0 Å². The molecule has 0 bridgehead atoms. The number of rotatable bonds is 3. The molecule has 0 aliphatic carbocycles. The van der Waals surface area contributed by atoms with E-state index >= 15 is 0 Å². The van der Waals surface area contributed by atoms with Crippen molar-refractivity contribution in [3.8, 4) is 11.5 Å². The van der Waals surface area contributed by atoms with Gasteiger partial charge in [-0.05, 0) is 18.2 Å². The molecular weight excluding hydrogens is 222 g/mol. The van der Waals surface area contributed by atoms with E-state index in [0.29, 0.717) is 11.5 Å². The lowest BCUT2D eigenvalue weighted by molar-refractivity contribution is 0.0687. The second kappa shape index (κ2) is 4.01. The summed E-state index contributed by atoms with van der Waals surface area (Å²) in [6.45, 7) is 0. The van der Waals surface area contributed by atoms with Gasteiger partial charge in [0, 0.05) is 12.4 Å². The van der Waals surface area contributed by atoms with Crippen LogP contribution < -0.4 is 9.47 Å². The minimum atomic E-state index is -0.968. The lowest BCUT2D eigenvalue weighted by Crippen LogP contribution is -2.03. The summed E-state index contributed by atoms with van der Waals surface area (Å²) < 4.78 is 12.0. The van der Waals surface area contributed by atoms with Crippen molar-refractivity contribution in [2.45, 2.75) is 0 Å². The van der Waals surface area contributed by atoms with Gasteiger partial charge < -0.3 is 19.1 Å². The van der Waals surface area contributed by atoms with Crippen LogP contribution in [0.5, 0.6) is 11.5 Å². The van der Waals surface area contributed by atoms with Gasteiger partial charge in [-0.3, -0.25) is 0 Å². The quantitative estimate of drug-likeness (QED) is 0.882. The van der Waals surface area contributed by atoms with Gasteiger partial charge in [-0.25, -0.2) is 4.79 Å². The van der Waals surface area contributed by atoms with Crippen molar-refractivity contribution >= 4 is 16.9 Å². The maximum Gasteiger partial charge on any atom is 0.352 e. The monoisotopic (exact) mass is 235 g/mol. The number of carbonyl (C=O) groups is 1. The Bertz CT molecular complexity index is 586. The molecule has 90 valence electrons. The number of methoxy groups -OCH3 is 2. The highest BCUT2D eigenvalue weighted by Crippen LogP contribution is 2.36. The summed E-state index contributed by atoms with van der Waals surface area (Å²) in [6, 6.07) is 5.15. The predicted octanol–water partition coefficient (Wildman–Crippen LogP) is 1.89. The van der Waals surface area contributed by atoms with Crippen LogP contribution in [-0.2, 0) is 7.05 Å². The van der Waals surface area contributed by atoms with Crippen LogP contribution in [-0.4, -0.2) is 29.9 Å². The first kappa shape index (κ1) is 11.3. The van der Waals surface area contributed by atoms with Crippen molar-refractivity contribution in [2.75, 3.05) is 14.2 Å². The molecule has 1 aromatic heterocycles. The smallest absolute Gasteiger partial charge is 0.352 e. The van der Waals surface area contributed by atoms with Crippen LogP contribution in [0.1, 0.15) is 10.5 Å². The number of nitrogens with zero attached hydrogens (tertiary/aromatic N) is 1. The van der Waals surface area contributed by atoms with E-state index in [9.17, 15) is 4.79 Å². The van der Waals surface area contributed by atoms with Crippen molar-refractivity contribution in [1.82, 2.24) is 4.57 Å². The number of carboxylic acid groups (broad SMARTS) is 1. The third kappa shape index (κ3) is 1.60. The number of fused-ring (bicyclic) bond motifs is 1. The van der Waals surface area contributed by atoms with Crippen LogP contribution in [0.4, 0.5) is 0 Å². The summed E-state index contributed by atoms with van der Waals surface area (Å²) in [5.41, 5.74) is 1.01. The molecule has 0 saturated heterocycles. The third-order valence-corrected chi connectivity index (χ3v) is 2.78. The fourth-order valence-corrected chi connectivity index (χ4v) is 1.94. The number of carboxylic acids is 1. The van der Waals surface area contributed by atoms with E-state index in [1.807, 2.05) is 6.07 Å². The molecule has 1 heterocycles. The lowest BCUT2D eigenvalue weighted by Gasteiger charge is -2.08. The Morgan fingerprint density at radius 2 is 2.00 bits per heavy atom. The van der Waals surface area contributed by atoms with E-state index in [2.05, 4.69) is 0 Å². The molecule has 0 aliphatic heterocycles. The van der Waals surface area contributed by atoms with Crippen LogP contribution in [0.2, 0.25) is 0 Å². The average Bonchev–Trinajstić information content (AvgIpc) is 2.65. The molecule has 2 rings (SSSR count). The highest BCUT2D eigenvalue weighted by molar-refractivity contribution is 5.98. The minimum Gasteiger partial charge on any atom is -0.493 e. The SMILES string of the molecule is COc1ccc2c(cc(C(=O)O)n2C)c1OC. The molecule has 0 saturated carbocycles. The molecule has 0 atom stereocenters. The predicted molar refractivity (Wildman–Crippen MR) is 63.0 cm³/mol. The Labute approximate surface area is 98.2 Å². The molecule has 0 aliphatic rings. The van der Waals surface area contributed by atoms with Gasteiger partial charge in [0.05, 0.1) is 19.7 Å². The van der Waals surface area contributed by atoms with Crippen LogP contribution in [0.25, 0.3) is 10.9 Å². The standard InChI is InChI=1S/C12H13NO4/c1-13-8-4-5-10(16-2)11(17-3)7(8)6-9(13)12(14)15/h4-6H,1-3H3,(H,14,15). The van der Waals surface area contributed by atoms with Crippen molar-refractivity contribution in [3.63, 3.8) is 0 Å². The first-order chi connectivity index (χ1) is 8.10. The summed E-state index contributed by atoms with van der Waals surface area (Å²) in [5.74, 6) is 0.167. The average molecular weight is 235 g/mol. The van der Waals surface area contributed by atoms with Gasteiger partial charge in [-0.15, -0.1) is 0 Å². The molecule has 5 heteroatoms. The second-order valence-corrected chi connectivity index (χ2v) is 3.63. The Hall–Kier alpha value is -2.17.